The van der Waals surface area contributed by atoms with Crippen LogP contribution in [0.2, 0.25) is 0 Å². The molecular weight excluding hydrogens is 266 g/mol. The Hall–Kier alpha value is -1.91. The van der Waals surface area contributed by atoms with Crippen molar-refractivity contribution in [2.45, 2.75) is 33.1 Å². The molecule has 0 unspecified atom stereocenters. The van der Waals surface area contributed by atoms with Crippen molar-refractivity contribution >= 4 is 11.8 Å². The zero-order valence-electron chi connectivity index (χ0n) is 13.2. The monoisotopic (exact) mass is 291 g/mol. The van der Waals surface area contributed by atoms with E-state index in [0.29, 0.717) is 26.1 Å². The molecule has 0 fully saturated rings. The first kappa shape index (κ1) is 17.1. The second kappa shape index (κ2) is 9.10. The van der Waals surface area contributed by atoms with Gasteiger partial charge in [0.05, 0.1) is 0 Å². The first-order valence-electron chi connectivity index (χ1n) is 7.43. The lowest BCUT2D eigenvalue weighted by molar-refractivity contribution is -0.132. The Bertz CT molecular complexity index is 448. The van der Waals surface area contributed by atoms with Gasteiger partial charge in [0, 0.05) is 52.4 Å². The fourth-order valence-electron chi connectivity index (χ4n) is 2.09. The van der Waals surface area contributed by atoms with Crippen LogP contribution in [-0.2, 0) is 16.0 Å². The Kier molecular flexibility index (Phi) is 7.43. The predicted molar refractivity (Wildman–Crippen MR) is 82.7 cm³/mol. The number of aromatic nitrogens is 1. The molecule has 0 atom stereocenters. The molecule has 2 amide bonds. The maximum absolute atomic E-state index is 12.1. The van der Waals surface area contributed by atoms with Crippen LogP contribution in [0, 0.1) is 0 Å². The van der Waals surface area contributed by atoms with Crippen LogP contribution in [0.25, 0.3) is 0 Å². The molecule has 1 aromatic rings. The van der Waals surface area contributed by atoms with E-state index in [2.05, 4.69) is 4.98 Å². The molecule has 5 heteroatoms. The molecule has 0 radical (unpaired) electrons. The minimum absolute atomic E-state index is 0.0316. The number of amides is 2. The van der Waals surface area contributed by atoms with Gasteiger partial charge in [0.1, 0.15) is 0 Å². The quantitative estimate of drug-likeness (QED) is 0.733. The molecule has 0 saturated carbocycles. The molecule has 0 aromatic carbocycles. The normalized spacial score (nSPS) is 10.2. The van der Waals surface area contributed by atoms with Crippen LogP contribution < -0.4 is 0 Å². The third kappa shape index (κ3) is 6.38. The summed E-state index contributed by atoms with van der Waals surface area (Å²) in [6.07, 6.45) is 5.62. The number of nitrogens with zero attached hydrogens (tertiary/aromatic N) is 3. The van der Waals surface area contributed by atoms with Crippen molar-refractivity contribution < 1.29 is 9.59 Å². The fraction of sp³-hybridized carbons (Fsp3) is 0.562. The Morgan fingerprint density at radius 3 is 2.38 bits per heavy atom. The van der Waals surface area contributed by atoms with Gasteiger partial charge in [0.15, 0.2) is 0 Å². The summed E-state index contributed by atoms with van der Waals surface area (Å²) in [7, 11) is 1.81. The van der Waals surface area contributed by atoms with Gasteiger partial charge < -0.3 is 9.80 Å². The molecule has 0 N–H and O–H groups in total. The lowest BCUT2D eigenvalue weighted by Gasteiger charge is -2.22. The molecule has 0 bridgehead atoms. The molecule has 1 aromatic heterocycles. The average Bonchev–Trinajstić information content (AvgIpc) is 2.49. The van der Waals surface area contributed by atoms with Gasteiger partial charge in [-0.05, 0) is 30.5 Å². The van der Waals surface area contributed by atoms with E-state index in [1.165, 1.54) is 5.56 Å². The lowest BCUT2D eigenvalue weighted by atomic mass is 10.2. The highest BCUT2D eigenvalue weighted by Crippen LogP contribution is 2.02. The summed E-state index contributed by atoms with van der Waals surface area (Å²) in [5, 5.41) is 0. The van der Waals surface area contributed by atoms with Crippen molar-refractivity contribution in [1.29, 1.82) is 0 Å². The number of carbonyl (C=O) groups excluding carboxylic acids is 2. The van der Waals surface area contributed by atoms with Crippen molar-refractivity contribution in [1.82, 2.24) is 14.8 Å². The molecule has 116 valence electrons. The molecule has 1 rings (SSSR count). The first-order chi connectivity index (χ1) is 10.0. The molecule has 1 heterocycles. The molecule has 5 nitrogen and oxygen atoms in total. The summed E-state index contributed by atoms with van der Waals surface area (Å²) in [4.78, 5) is 30.9. The van der Waals surface area contributed by atoms with Gasteiger partial charge in [-0.2, -0.15) is 0 Å². The number of hydrogen-bond acceptors (Lipinski definition) is 3. The lowest BCUT2D eigenvalue weighted by Crippen LogP contribution is -2.35. The fourth-order valence-corrected chi connectivity index (χ4v) is 2.09. The van der Waals surface area contributed by atoms with Gasteiger partial charge in [-0.1, -0.05) is 6.92 Å². The summed E-state index contributed by atoms with van der Waals surface area (Å²) in [6, 6.07) is 3.91. The third-order valence-corrected chi connectivity index (χ3v) is 3.45. The highest BCUT2D eigenvalue weighted by atomic mass is 16.2. The molecule has 0 saturated heterocycles. The van der Waals surface area contributed by atoms with E-state index in [1.807, 2.05) is 19.1 Å². The Morgan fingerprint density at radius 1 is 1.14 bits per heavy atom. The average molecular weight is 291 g/mol. The van der Waals surface area contributed by atoms with Gasteiger partial charge in [0.25, 0.3) is 0 Å². The summed E-state index contributed by atoms with van der Waals surface area (Å²) in [5.41, 5.74) is 1.17. The second-order valence-electron chi connectivity index (χ2n) is 5.18. The van der Waals surface area contributed by atoms with Gasteiger partial charge in [-0.15, -0.1) is 0 Å². The minimum atomic E-state index is 0.0316. The Balaban J connectivity index is 2.35. The molecule has 0 aliphatic carbocycles. The van der Waals surface area contributed by atoms with E-state index in [4.69, 9.17) is 0 Å². The van der Waals surface area contributed by atoms with Gasteiger partial charge in [-0.25, -0.2) is 0 Å². The molecule has 21 heavy (non-hydrogen) atoms. The number of hydrogen-bond donors (Lipinski definition) is 0. The van der Waals surface area contributed by atoms with Crippen LogP contribution in [0.3, 0.4) is 0 Å². The highest BCUT2D eigenvalue weighted by Gasteiger charge is 2.13. The maximum Gasteiger partial charge on any atom is 0.224 e. The standard InChI is InChI=1S/C16H25N3O2/c1-4-11-19(14(2)20)13-8-16(21)18(3)12-7-15-5-9-17-10-6-15/h5-6,9-10H,4,7-8,11-13H2,1-3H3. The summed E-state index contributed by atoms with van der Waals surface area (Å²) in [5.74, 6) is 0.107. The zero-order chi connectivity index (χ0) is 15.7. The number of pyridine rings is 1. The SMILES string of the molecule is CCCN(CCC(=O)N(C)CCc1ccncc1)C(C)=O. The second-order valence-corrected chi connectivity index (χ2v) is 5.18. The van der Waals surface area contributed by atoms with E-state index in [9.17, 15) is 9.59 Å². The first-order valence-corrected chi connectivity index (χ1v) is 7.43. The van der Waals surface area contributed by atoms with Crippen molar-refractivity contribution in [2.24, 2.45) is 0 Å². The summed E-state index contributed by atoms with van der Waals surface area (Å²) < 4.78 is 0. The third-order valence-electron chi connectivity index (χ3n) is 3.45. The number of carbonyl (C=O) groups is 2. The largest absolute Gasteiger partial charge is 0.345 e. The van der Waals surface area contributed by atoms with Crippen LogP contribution in [0.5, 0.6) is 0 Å². The number of likely N-dealkylation sites (N-methyl/N-ethyl adjacent to an activating group) is 1. The summed E-state index contributed by atoms with van der Waals surface area (Å²) >= 11 is 0. The molecule has 0 spiro atoms. The molecule has 0 aliphatic heterocycles. The number of rotatable bonds is 8. The van der Waals surface area contributed by atoms with E-state index in [-0.39, 0.29) is 11.8 Å². The van der Waals surface area contributed by atoms with E-state index < -0.39 is 0 Å². The topological polar surface area (TPSA) is 53.5 Å². The smallest absolute Gasteiger partial charge is 0.224 e. The van der Waals surface area contributed by atoms with Crippen molar-refractivity contribution in [3.05, 3.63) is 30.1 Å². The molecular formula is C16H25N3O2. The van der Waals surface area contributed by atoms with Crippen LogP contribution in [0.1, 0.15) is 32.3 Å². The van der Waals surface area contributed by atoms with Crippen molar-refractivity contribution in [2.75, 3.05) is 26.7 Å². The van der Waals surface area contributed by atoms with Gasteiger partial charge in [-0.3, -0.25) is 14.6 Å². The summed E-state index contributed by atoms with van der Waals surface area (Å²) in [6.45, 7) is 5.47. The zero-order valence-corrected chi connectivity index (χ0v) is 13.2. The predicted octanol–water partition coefficient (Wildman–Crippen LogP) is 1.73. The van der Waals surface area contributed by atoms with E-state index in [1.54, 1.807) is 36.2 Å². The van der Waals surface area contributed by atoms with Gasteiger partial charge in [0.2, 0.25) is 11.8 Å². The van der Waals surface area contributed by atoms with E-state index >= 15 is 0 Å². The van der Waals surface area contributed by atoms with Crippen molar-refractivity contribution in [3.8, 4) is 0 Å². The van der Waals surface area contributed by atoms with Crippen molar-refractivity contribution in [3.63, 3.8) is 0 Å². The van der Waals surface area contributed by atoms with Gasteiger partial charge >= 0.3 is 0 Å². The maximum atomic E-state index is 12.1. The van der Waals surface area contributed by atoms with Crippen LogP contribution in [-0.4, -0.2) is 53.3 Å². The van der Waals surface area contributed by atoms with Crippen LogP contribution in [0.4, 0.5) is 0 Å². The Labute approximate surface area is 127 Å². The Morgan fingerprint density at radius 2 is 1.81 bits per heavy atom. The van der Waals surface area contributed by atoms with Crippen LogP contribution >= 0.6 is 0 Å². The molecule has 0 aliphatic rings. The minimum Gasteiger partial charge on any atom is -0.345 e. The van der Waals surface area contributed by atoms with Crippen LogP contribution in [0.15, 0.2) is 24.5 Å². The van der Waals surface area contributed by atoms with E-state index in [0.717, 1.165) is 12.8 Å². The highest BCUT2D eigenvalue weighted by molar-refractivity contribution is 5.78.